The summed E-state index contributed by atoms with van der Waals surface area (Å²) in [6.07, 6.45) is 6.22. The van der Waals surface area contributed by atoms with Gasteiger partial charge >= 0.3 is 0 Å². The van der Waals surface area contributed by atoms with Crippen molar-refractivity contribution in [1.29, 1.82) is 0 Å². The van der Waals surface area contributed by atoms with E-state index >= 15 is 0 Å². The second kappa shape index (κ2) is 7.33. The third-order valence-corrected chi connectivity index (χ3v) is 3.20. The van der Waals surface area contributed by atoms with Crippen LogP contribution in [0.4, 0.5) is 0 Å². The quantitative estimate of drug-likeness (QED) is 0.756. The predicted molar refractivity (Wildman–Crippen MR) is 70.5 cm³/mol. The summed E-state index contributed by atoms with van der Waals surface area (Å²) in [5.74, 6) is 0.921. The van der Waals surface area contributed by atoms with E-state index in [1.165, 1.54) is 5.69 Å². The van der Waals surface area contributed by atoms with Crippen LogP contribution in [0.25, 0.3) is 0 Å². The van der Waals surface area contributed by atoms with Crippen LogP contribution in [0, 0.1) is 0 Å². The lowest BCUT2D eigenvalue weighted by Crippen LogP contribution is -2.25. The third kappa shape index (κ3) is 3.73. The molecule has 0 aliphatic carbocycles. The van der Waals surface area contributed by atoms with E-state index in [0.717, 1.165) is 38.0 Å². The number of nitrogens with one attached hydrogen (secondary N) is 1. The number of hydrogen-bond donors (Lipinski definition) is 1. The molecule has 0 bridgehead atoms. The zero-order chi connectivity index (χ0) is 12.7. The maximum Gasteiger partial charge on any atom is 0.159 e. The van der Waals surface area contributed by atoms with Crippen LogP contribution in [0.2, 0.25) is 0 Å². The van der Waals surface area contributed by atoms with Crippen LogP contribution >= 0.6 is 0 Å². The van der Waals surface area contributed by atoms with Crippen molar-refractivity contribution in [1.82, 2.24) is 15.1 Å². The monoisotopic (exact) mass is 239 g/mol. The standard InChI is InChI=1S/C13H25N3O/c1-5-9-16-12(13(17-4)10-15-16)8-7-11(6-2)14-3/h10-11,14H,5-9H2,1-4H3. The summed E-state index contributed by atoms with van der Waals surface area (Å²) in [5, 5.41) is 7.71. The zero-order valence-electron chi connectivity index (χ0n) is 11.5. The molecule has 1 heterocycles. The Morgan fingerprint density at radius 3 is 2.76 bits per heavy atom. The van der Waals surface area contributed by atoms with Crippen LogP contribution in [0.15, 0.2) is 6.20 Å². The molecular formula is C13H25N3O. The topological polar surface area (TPSA) is 39.1 Å². The van der Waals surface area contributed by atoms with Crippen molar-refractivity contribution in [3.63, 3.8) is 0 Å². The molecular weight excluding hydrogens is 214 g/mol. The molecule has 0 aliphatic rings. The highest BCUT2D eigenvalue weighted by molar-refractivity contribution is 5.25. The summed E-state index contributed by atoms with van der Waals surface area (Å²) in [4.78, 5) is 0. The number of aryl methyl sites for hydroxylation is 1. The van der Waals surface area contributed by atoms with Crippen LogP contribution < -0.4 is 10.1 Å². The lowest BCUT2D eigenvalue weighted by Gasteiger charge is -2.14. The van der Waals surface area contributed by atoms with Crippen LogP contribution in [0.1, 0.15) is 38.8 Å². The van der Waals surface area contributed by atoms with Crippen LogP contribution in [0.3, 0.4) is 0 Å². The lowest BCUT2D eigenvalue weighted by atomic mass is 10.1. The number of nitrogens with zero attached hydrogens (tertiary/aromatic N) is 2. The molecule has 17 heavy (non-hydrogen) atoms. The summed E-state index contributed by atoms with van der Waals surface area (Å²) in [6, 6.07) is 0.574. The van der Waals surface area contributed by atoms with Crippen molar-refractivity contribution in [3.8, 4) is 5.75 Å². The van der Waals surface area contributed by atoms with Crippen LogP contribution in [-0.2, 0) is 13.0 Å². The van der Waals surface area contributed by atoms with Gasteiger partial charge in [-0.1, -0.05) is 13.8 Å². The molecule has 1 aromatic rings. The Morgan fingerprint density at radius 2 is 2.24 bits per heavy atom. The first-order valence-corrected chi connectivity index (χ1v) is 6.52. The van der Waals surface area contributed by atoms with Crippen molar-refractivity contribution in [2.45, 2.75) is 52.1 Å². The molecule has 1 N–H and O–H groups in total. The Balaban J connectivity index is 2.69. The van der Waals surface area contributed by atoms with E-state index in [0.29, 0.717) is 6.04 Å². The number of aromatic nitrogens is 2. The highest BCUT2D eigenvalue weighted by Gasteiger charge is 2.12. The second-order valence-electron chi connectivity index (χ2n) is 4.32. The Hall–Kier alpha value is -1.03. The van der Waals surface area contributed by atoms with Crippen molar-refractivity contribution < 1.29 is 4.74 Å². The molecule has 0 aromatic carbocycles. The van der Waals surface area contributed by atoms with E-state index in [9.17, 15) is 0 Å². The van der Waals surface area contributed by atoms with E-state index in [2.05, 4.69) is 28.9 Å². The molecule has 0 spiro atoms. The Bertz CT molecular complexity index is 318. The number of methoxy groups -OCH3 is 1. The Morgan fingerprint density at radius 1 is 1.47 bits per heavy atom. The Labute approximate surface area is 104 Å². The molecule has 1 aromatic heterocycles. The minimum absolute atomic E-state index is 0.574. The molecule has 4 nitrogen and oxygen atoms in total. The minimum atomic E-state index is 0.574. The van der Waals surface area contributed by atoms with E-state index in [4.69, 9.17) is 4.74 Å². The highest BCUT2D eigenvalue weighted by atomic mass is 16.5. The van der Waals surface area contributed by atoms with Gasteiger partial charge in [-0.05, 0) is 32.7 Å². The fourth-order valence-electron chi connectivity index (χ4n) is 2.08. The lowest BCUT2D eigenvalue weighted by molar-refractivity contribution is 0.402. The molecule has 0 radical (unpaired) electrons. The first-order valence-electron chi connectivity index (χ1n) is 6.52. The minimum Gasteiger partial charge on any atom is -0.493 e. The van der Waals surface area contributed by atoms with Gasteiger partial charge in [-0.2, -0.15) is 5.10 Å². The van der Waals surface area contributed by atoms with Crippen LogP contribution in [0.5, 0.6) is 5.75 Å². The van der Waals surface area contributed by atoms with Gasteiger partial charge in [0.2, 0.25) is 0 Å². The maximum absolute atomic E-state index is 5.37. The first-order chi connectivity index (χ1) is 8.26. The average molecular weight is 239 g/mol. The van der Waals surface area contributed by atoms with Gasteiger partial charge in [0, 0.05) is 12.6 Å². The van der Waals surface area contributed by atoms with Gasteiger partial charge in [0.05, 0.1) is 19.0 Å². The van der Waals surface area contributed by atoms with Crippen molar-refractivity contribution in [3.05, 3.63) is 11.9 Å². The van der Waals surface area contributed by atoms with Gasteiger partial charge < -0.3 is 10.1 Å². The van der Waals surface area contributed by atoms with Crippen molar-refractivity contribution >= 4 is 0 Å². The summed E-state index contributed by atoms with van der Waals surface area (Å²) in [5.41, 5.74) is 1.23. The largest absolute Gasteiger partial charge is 0.493 e. The summed E-state index contributed by atoms with van der Waals surface area (Å²) < 4.78 is 7.44. The summed E-state index contributed by atoms with van der Waals surface area (Å²) >= 11 is 0. The molecule has 0 amide bonds. The molecule has 4 heteroatoms. The third-order valence-electron chi connectivity index (χ3n) is 3.20. The Kier molecular flexibility index (Phi) is 6.05. The van der Waals surface area contributed by atoms with E-state index in [1.807, 2.05) is 13.2 Å². The van der Waals surface area contributed by atoms with Crippen LogP contribution in [-0.4, -0.2) is 30.0 Å². The van der Waals surface area contributed by atoms with Crippen molar-refractivity contribution in [2.75, 3.05) is 14.2 Å². The van der Waals surface area contributed by atoms with Gasteiger partial charge in [0.15, 0.2) is 5.75 Å². The second-order valence-corrected chi connectivity index (χ2v) is 4.32. The normalized spacial score (nSPS) is 12.7. The fraction of sp³-hybridized carbons (Fsp3) is 0.769. The number of rotatable bonds is 8. The number of ether oxygens (including phenoxy) is 1. The predicted octanol–water partition coefficient (Wildman–Crippen LogP) is 2.23. The van der Waals surface area contributed by atoms with Gasteiger partial charge in [0.25, 0.3) is 0 Å². The molecule has 1 rings (SSSR count). The molecule has 1 atom stereocenters. The maximum atomic E-state index is 5.37. The zero-order valence-corrected chi connectivity index (χ0v) is 11.5. The van der Waals surface area contributed by atoms with Gasteiger partial charge in [-0.25, -0.2) is 0 Å². The van der Waals surface area contributed by atoms with Gasteiger partial charge in [-0.15, -0.1) is 0 Å². The molecule has 1 unspecified atom stereocenters. The molecule has 98 valence electrons. The first kappa shape index (κ1) is 14.0. The van der Waals surface area contributed by atoms with E-state index < -0.39 is 0 Å². The smallest absolute Gasteiger partial charge is 0.159 e. The molecule has 0 saturated carbocycles. The molecule has 0 aliphatic heterocycles. The van der Waals surface area contributed by atoms with Gasteiger partial charge in [-0.3, -0.25) is 4.68 Å². The highest BCUT2D eigenvalue weighted by Crippen LogP contribution is 2.20. The molecule has 0 saturated heterocycles. The summed E-state index contributed by atoms with van der Waals surface area (Å²) in [7, 11) is 3.74. The summed E-state index contributed by atoms with van der Waals surface area (Å²) in [6.45, 7) is 5.34. The van der Waals surface area contributed by atoms with Gasteiger partial charge in [0.1, 0.15) is 0 Å². The molecule has 0 fully saturated rings. The fourth-order valence-corrected chi connectivity index (χ4v) is 2.08. The van der Waals surface area contributed by atoms with E-state index in [1.54, 1.807) is 7.11 Å². The average Bonchev–Trinajstić information content (AvgIpc) is 2.73. The van der Waals surface area contributed by atoms with Crippen molar-refractivity contribution in [2.24, 2.45) is 0 Å². The SMILES string of the molecule is CCCn1ncc(OC)c1CCC(CC)NC. The van der Waals surface area contributed by atoms with E-state index in [-0.39, 0.29) is 0 Å². The number of hydrogen-bond acceptors (Lipinski definition) is 3.